The zero-order valence-electron chi connectivity index (χ0n) is 17.0. The molecule has 7 nitrogen and oxygen atoms in total. The second-order valence-corrected chi connectivity index (χ2v) is 7.03. The average molecular weight is 436 g/mol. The van der Waals surface area contributed by atoms with Crippen LogP contribution in [0.4, 0.5) is 0 Å². The summed E-state index contributed by atoms with van der Waals surface area (Å²) in [5, 5.41) is 11.2. The van der Waals surface area contributed by atoms with E-state index < -0.39 is 5.97 Å². The van der Waals surface area contributed by atoms with Crippen molar-refractivity contribution in [2.75, 3.05) is 20.8 Å². The number of hydrogen-bond acceptors (Lipinski definition) is 8. The monoisotopic (exact) mass is 436 g/mol. The van der Waals surface area contributed by atoms with Crippen LogP contribution in [0, 0.1) is 11.3 Å². The summed E-state index contributed by atoms with van der Waals surface area (Å²) in [6.45, 7) is 0.0692. The van der Waals surface area contributed by atoms with E-state index >= 15 is 0 Å². The first kappa shape index (κ1) is 21.9. The molecule has 0 atom stereocenters. The average Bonchev–Trinajstić information content (AvgIpc) is 3.29. The van der Waals surface area contributed by atoms with Crippen molar-refractivity contribution < 1.29 is 23.7 Å². The first-order valence-corrected chi connectivity index (χ1v) is 10.1. The highest BCUT2D eigenvalue weighted by Crippen LogP contribution is 2.33. The zero-order valence-corrected chi connectivity index (χ0v) is 17.8. The molecule has 158 valence electrons. The number of rotatable bonds is 9. The normalized spacial score (nSPS) is 10.5. The van der Waals surface area contributed by atoms with Crippen molar-refractivity contribution in [3.05, 3.63) is 65.2 Å². The molecule has 0 bridgehead atoms. The van der Waals surface area contributed by atoms with E-state index in [0.717, 1.165) is 16.1 Å². The molecule has 0 spiro atoms. The van der Waals surface area contributed by atoms with E-state index in [-0.39, 0.29) is 13.2 Å². The van der Waals surface area contributed by atoms with Gasteiger partial charge in [-0.1, -0.05) is 12.1 Å². The number of carbonyl (C=O) groups excluding carboxylic acids is 1. The van der Waals surface area contributed by atoms with Gasteiger partial charge in [0.2, 0.25) is 0 Å². The minimum Gasteiger partial charge on any atom is -0.493 e. The van der Waals surface area contributed by atoms with Gasteiger partial charge < -0.3 is 18.9 Å². The van der Waals surface area contributed by atoms with Gasteiger partial charge in [-0.2, -0.15) is 5.26 Å². The number of carbonyl (C=O) groups is 1. The van der Waals surface area contributed by atoms with Crippen LogP contribution in [0.15, 0.2) is 53.9 Å². The van der Waals surface area contributed by atoms with Crippen LogP contribution in [0.2, 0.25) is 0 Å². The number of thiazole rings is 1. The van der Waals surface area contributed by atoms with Gasteiger partial charge in [-0.05, 0) is 42.0 Å². The minimum absolute atomic E-state index is 0.00808. The molecule has 0 saturated heterocycles. The Kier molecular flexibility index (Phi) is 7.62. The van der Waals surface area contributed by atoms with E-state index in [4.69, 9.17) is 24.2 Å². The van der Waals surface area contributed by atoms with E-state index in [9.17, 15) is 4.79 Å². The van der Waals surface area contributed by atoms with Gasteiger partial charge in [0, 0.05) is 17.0 Å². The Hall–Kier alpha value is -3.83. The highest BCUT2D eigenvalue weighted by atomic mass is 32.1. The SMILES string of the molecule is COc1ccc(-c2nc(COC(=O)/C=C/c3ccc(OCC#N)cc3)cs2)cc1OC. The summed E-state index contributed by atoms with van der Waals surface area (Å²) in [4.78, 5) is 16.5. The molecular formula is C23H20N2O5S. The molecule has 1 heterocycles. The lowest BCUT2D eigenvalue weighted by Crippen LogP contribution is -2.01. The second kappa shape index (κ2) is 10.8. The second-order valence-electron chi connectivity index (χ2n) is 6.17. The van der Waals surface area contributed by atoms with Crippen LogP contribution in [0.25, 0.3) is 16.6 Å². The maximum Gasteiger partial charge on any atom is 0.331 e. The molecule has 8 heteroatoms. The molecule has 2 aromatic carbocycles. The van der Waals surface area contributed by atoms with Gasteiger partial charge in [-0.25, -0.2) is 9.78 Å². The molecule has 3 rings (SSSR count). The van der Waals surface area contributed by atoms with Crippen LogP contribution in [-0.2, 0) is 16.1 Å². The lowest BCUT2D eigenvalue weighted by molar-refractivity contribution is -0.139. The lowest BCUT2D eigenvalue weighted by atomic mass is 10.2. The number of nitrogens with zero attached hydrogens (tertiary/aromatic N) is 2. The number of benzene rings is 2. The van der Waals surface area contributed by atoms with Gasteiger partial charge >= 0.3 is 5.97 Å². The summed E-state index contributed by atoms with van der Waals surface area (Å²) >= 11 is 1.46. The standard InChI is InChI=1S/C23H20N2O5S/c1-27-20-9-6-17(13-21(20)28-2)23-25-18(15-31-23)14-30-22(26)10-5-16-3-7-19(8-4-16)29-12-11-24/h3-10,13,15H,12,14H2,1-2H3/b10-5+. The summed E-state index contributed by atoms with van der Waals surface area (Å²) in [5.41, 5.74) is 2.36. The predicted octanol–water partition coefficient (Wildman–Crippen LogP) is 4.49. The van der Waals surface area contributed by atoms with Crippen LogP contribution in [-0.4, -0.2) is 31.8 Å². The van der Waals surface area contributed by atoms with Gasteiger partial charge in [0.25, 0.3) is 0 Å². The highest BCUT2D eigenvalue weighted by molar-refractivity contribution is 7.13. The number of methoxy groups -OCH3 is 2. The molecule has 0 aliphatic heterocycles. The third-order valence-electron chi connectivity index (χ3n) is 4.14. The van der Waals surface area contributed by atoms with E-state index in [0.29, 0.717) is 22.9 Å². The Bertz CT molecular complexity index is 1100. The molecule has 0 radical (unpaired) electrons. The molecule has 0 unspecified atom stereocenters. The lowest BCUT2D eigenvalue weighted by Gasteiger charge is -2.08. The van der Waals surface area contributed by atoms with Crippen molar-refractivity contribution in [1.29, 1.82) is 5.26 Å². The van der Waals surface area contributed by atoms with Gasteiger partial charge in [0.1, 0.15) is 23.4 Å². The first-order valence-electron chi connectivity index (χ1n) is 9.24. The largest absolute Gasteiger partial charge is 0.493 e. The molecule has 3 aromatic rings. The molecule has 0 fully saturated rings. The van der Waals surface area contributed by atoms with Crippen LogP contribution < -0.4 is 14.2 Å². The Balaban J connectivity index is 1.55. The van der Waals surface area contributed by atoms with E-state index in [1.807, 2.05) is 29.6 Å². The third kappa shape index (κ3) is 6.07. The Labute approximate surface area is 184 Å². The molecule has 0 amide bonds. The molecule has 0 N–H and O–H groups in total. The van der Waals surface area contributed by atoms with Crippen molar-refractivity contribution in [3.8, 4) is 33.9 Å². The number of aromatic nitrogens is 1. The van der Waals surface area contributed by atoms with Crippen LogP contribution in [0.5, 0.6) is 17.2 Å². The van der Waals surface area contributed by atoms with Crippen LogP contribution >= 0.6 is 11.3 Å². The third-order valence-corrected chi connectivity index (χ3v) is 5.08. The van der Waals surface area contributed by atoms with Crippen molar-refractivity contribution >= 4 is 23.4 Å². The number of ether oxygens (including phenoxy) is 4. The van der Waals surface area contributed by atoms with Gasteiger partial charge in [-0.3, -0.25) is 0 Å². The maximum absolute atomic E-state index is 12.0. The minimum atomic E-state index is -0.467. The van der Waals surface area contributed by atoms with E-state index in [1.54, 1.807) is 44.6 Å². The quantitative estimate of drug-likeness (QED) is 0.361. The fourth-order valence-electron chi connectivity index (χ4n) is 2.62. The van der Waals surface area contributed by atoms with E-state index in [1.165, 1.54) is 17.4 Å². The summed E-state index contributed by atoms with van der Waals surface area (Å²) < 4.78 is 21.0. The number of nitriles is 1. The van der Waals surface area contributed by atoms with Crippen molar-refractivity contribution in [2.24, 2.45) is 0 Å². The van der Waals surface area contributed by atoms with Gasteiger partial charge in [0.15, 0.2) is 18.1 Å². The van der Waals surface area contributed by atoms with Crippen molar-refractivity contribution in [3.63, 3.8) is 0 Å². The van der Waals surface area contributed by atoms with Gasteiger partial charge in [-0.15, -0.1) is 11.3 Å². The summed E-state index contributed by atoms with van der Waals surface area (Å²) in [5.74, 6) is 1.40. The molecule has 31 heavy (non-hydrogen) atoms. The number of hydrogen-bond donors (Lipinski definition) is 0. The highest BCUT2D eigenvalue weighted by Gasteiger charge is 2.10. The zero-order chi connectivity index (χ0) is 22.1. The smallest absolute Gasteiger partial charge is 0.331 e. The Morgan fingerprint density at radius 3 is 2.61 bits per heavy atom. The molecular weight excluding hydrogens is 416 g/mol. The summed E-state index contributed by atoms with van der Waals surface area (Å²) in [6, 6.07) is 14.5. The van der Waals surface area contributed by atoms with Crippen molar-refractivity contribution in [2.45, 2.75) is 6.61 Å². The van der Waals surface area contributed by atoms with E-state index in [2.05, 4.69) is 4.98 Å². The fraction of sp³-hybridized carbons (Fsp3) is 0.174. The maximum atomic E-state index is 12.0. The Morgan fingerprint density at radius 1 is 1.13 bits per heavy atom. The van der Waals surface area contributed by atoms with Crippen LogP contribution in [0.3, 0.4) is 0 Å². The predicted molar refractivity (Wildman–Crippen MR) is 117 cm³/mol. The van der Waals surface area contributed by atoms with Gasteiger partial charge in [0.05, 0.1) is 19.9 Å². The Morgan fingerprint density at radius 2 is 1.90 bits per heavy atom. The molecule has 0 aliphatic rings. The first-order chi connectivity index (χ1) is 15.1. The molecule has 1 aromatic heterocycles. The summed E-state index contributed by atoms with van der Waals surface area (Å²) in [6.07, 6.45) is 3.00. The molecule has 0 saturated carbocycles. The molecule has 0 aliphatic carbocycles. The fourth-order valence-corrected chi connectivity index (χ4v) is 3.42. The summed E-state index contributed by atoms with van der Waals surface area (Å²) in [7, 11) is 3.17. The topological polar surface area (TPSA) is 90.7 Å². The van der Waals surface area contributed by atoms with Crippen LogP contribution in [0.1, 0.15) is 11.3 Å². The van der Waals surface area contributed by atoms with Crippen molar-refractivity contribution in [1.82, 2.24) is 4.98 Å². The number of esters is 1.